The van der Waals surface area contributed by atoms with Crippen LogP contribution >= 0.6 is 0 Å². The van der Waals surface area contributed by atoms with Crippen molar-refractivity contribution in [3.8, 4) is 0 Å². The second-order valence-electron chi connectivity index (χ2n) is 4.24. The van der Waals surface area contributed by atoms with Crippen molar-refractivity contribution in [2.75, 3.05) is 19.0 Å². The van der Waals surface area contributed by atoms with Crippen LogP contribution in [0.25, 0.3) is 0 Å². The topological polar surface area (TPSA) is 80.7 Å². The Morgan fingerprint density at radius 3 is 2.31 bits per heavy atom. The van der Waals surface area contributed by atoms with Gasteiger partial charge in [0.15, 0.2) is 9.84 Å². The molecule has 5 nitrogen and oxygen atoms in total. The fraction of sp³-hybridized carbons (Fsp3) is 0.900. The fourth-order valence-corrected chi connectivity index (χ4v) is 2.22. The first-order chi connectivity index (χ1) is 7.25. The highest BCUT2D eigenvalue weighted by Crippen LogP contribution is 2.07. The predicted octanol–water partition coefficient (Wildman–Crippen LogP) is 0.937. The summed E-state index contributed by atoms with van der Waals surface area (Å²) in [6.07, 6.45) is -0.355. The largest absolute Gasteiger partial charge is 0.481 e. The summed E-state index contributed by atoms with van der Waals surface area (Å²) in [7, 11) is -3.36. The monoisotopic (exact) mass is 252 g/mol. The van der Waals surface area contributed by atoms with Crippen molar-refractivity contribution in [3.05, 3.63) is 0 Å². The molecular weight excluding hydrogens is 232 g/mol. The van der Waals surface area contributed by atoms with Crippen LogP contribution in [0.2, 0.25) is 0 Å². The third kappa shape index (κ3) is 6.79. The van der Waals surface area contributed by atoms with Crippen LogP contribution in [0.5, 0.6) is 0 Å². The van der Waals surface area contributed by atoms with Crippen LogP contribution in [-0.4, -0.2) is 43.7 Å². The summed E-state index contributed by atoms with van der Waals surface area (Å²) >= 11 is 0. The van der Waals surface area contributed by atoms with Crippen LogP contribution in [0.15, 0.2) is 0 Å². The zero-order valence-corrected chi connectivity index (χ0v) is 10.8. The Morgan fingerprint density at radius 1 is 1.31 bits per heavy atom. The average molecular weight is 252 g/mol. The molecule has 0 aromatic rings. The van der Waals surface area contributed by atoms with Gasteiger partial charge in [-0.15, -0.1) is 0 Å². The molecule has 0 fully saturated rings. The summed E-state index contributed by atoms with van der Waals surface area (Å²) in [5.41, 5.74) is 0. The van der Waals surface area contributed by atoms with E-state index in [2.05, 4.69) is 0 Å². The fourth-order valence-electron chi connectivity index (χ4n) is 1.07. The van der Waals surface area contributed by atoms with Crippen molar-refractivity contribution >= 4 is 15.8 Å². The van der Waals surface area contributed by atoms with Gasteiger partial charge in [-0.05, 0) is 12.8 Å². The zero-order valence-electron chi connectivity index (χ0n) is 9.97. The van der Waals surface area contributed by atoms with Crippen molar-refractivity contribution in [1.29, 1.82) is 0 Å². The highest BCUT2D eigenvalue weighted by Gasteiger charge is 2.22. The summed E-state index contributed by atoms with van der Waals surface area (Å²) in [5.74, 6) is -0.855. The van der Waals surface area contributed by atoms with Gasteiger partial charge in [0.2, 0.25) is 0 Å². The molecule has 0 aliphatic heterocycles. The molecule has 0 amide bonds. The number of hydrogen-bond acceptors (Lipinski definition) is 4. The molecule has 6 heteroatoms. The van der Waals surface area contributed by atoms with E-state index in [9.17, 15) is 13.2 Å². The number of carbonyl (C=O) groups is 1. The lowest BCUT2D eigenvalue weighted by molar-refractivity contribution is -0.136. The molecule has 0 bridgehead atoms. The van der Waals surface area contributed by atoms with Crippen molar-refractivity contribution in [2.24, 2.45) is 5.92 Å². The highest BCUT2D eigenvalue weighted by molar-refractivity contribution is 7.92. The molecule has 1 atom stereocenters. The molecule has 0 aliphatic carbocycles. The van der Waals surface area contributed by atoms with Gasteiger partial charge in [0.25, 0.3) is 0 Å². The van der Waals surface area contributed by atoms with Crippen LogP contribution in [0.1, 0.15) is 27.2 Å². The Labute approximate surface area is 96.7 Å². The predicted molar refractivity (Wildman–Crippen MR) is 61.2 cm³/mol. The van der Waals surface area contributed by atoms with Crippen LogP contribution in [0, 0.1) is 5.92 Å². The van der Waals surface area contributed by atoms with E-state index in [1.807, 2.05) is 13.8 Å². The van der Waals surface area contributed by atoms with Gasteiger partial charge in [-0.1, -0.05) is 13.8 Å². The van der Waals surface area contributed by atoms with E-state index in [1.54, 1.807) is 0 Å². The molecule has 0 saturated carbocycles. The van der Waals surface area contributed by atoms with Gasteiger partial charge in [0.05, 0.1) is 24.0 Å². The van der Waals surface area contributed by atoms with Crippen molar-refractivity contribution in [3.63, 3.8) is 0 Å². The van der Waals surface area contributed by atoms with Gasteiger partial charge < -0.3 is 9.84 Å². The summed E-state index contributed by atoms with van der Waals surface area (Å²) < 4.78 is 28.3. The third-order valence-corrected chi connectivity index (χ3v) is 4.17. The van der Waals surface area contributed by atoms with Crippen molar-refractivity contribution in [2.45, 2.75) is 32.4 Å². The van der Waals surface area contributed by atoms with Gasteiger partial charge in [0, 0.05) is 6.61 Å². The Kier molecular flexibility index (Phi) is 6.59. The molecule has 96 valence electrons. The summed E-state index contributed by atoms with van der Waals surface area (Å²) in [4.78, 5) is 10.4. The van der Waals surface area contributed by atoms with Crippen LogP contribution in [0.3, 0.4) is 0 Å². The van der Waals surface area contributed by atoms with Crippen molar-refractivity contribution < 1.29 is 23.1 Å². The zero-order chi connectivity index (χ0) is 12.8. The Balaban J connectivity index is 4.00. The molecule has 1 N–H and O–H groups in total. The molecular formula is C10H20O5S. The first kappa shape index (κ1) is 15.4. The number of hydrogen-bond donors (Lipinski definition) is 1. The minimum Gasteiger partial charge on any atom is -0.481 e. The maximum Gasteiger partial charge on any atom is 0.304 e. The molecule has 0 aromatic heterocycles. The smallest absolute Gasteiger partial charge is 0.304 e. The maximum atomic E-state index is 11.6. The normalized spacial score (nSPS) is 14.0. The average Bonchev–Trinajstić information content (AvgIpc) is 2.11. The molecule has 0 heterocycles. The van der Waals surface area contributed by atoms with Crippen molar-refractivity contribution in [1.82, 2.24) is 0 Å². The summed E-state index contributed by atoms with van der Waals surface area (Å²) in [5, 5.41) is 7.64. The van der Waals surface area contributed by atoms with Crippen LogP contribution in [-0.2, 0) is 19.4 Å². The Morgan fingerprint density at radius 2 is 1.88 bits per heavy atom. The number of ether oxygens (including phenoxy) is 1. The third-order valence-electron chi connectivity index (χ3n) is 2.04. The Hall–Kier alpha value is -0.620. The lowest BCUT2D eigenvalue weighted by Crippen LogP contribution is -2.26. The van der Waals surface area contributed by atoms with E-state index in [1.165, 1.54) is 6.92 Å². The van der Waals surface area contributed by atoms with E-state index in [0.29, 0.717) is 12.5 Å². The minimum atomic E-state index is -3.36. The van der Waals surface area contributed by atoms with E-state index >= 15 is 0 Å². The van der Waals surface area contributed by atoms with E-state index in [4.69, 9.17) is 9.84 Å². The van der Waals surface area contributed by atoms with Gasteiger partial charge in [-0.25, -0.2) is 8.42 Å². The second kappa shape index (κ2) is 6.85. The number of rotatable bonds is 8. The number of carboxylic acid groups (broad SMARTS) is 1. The molecule has 0 aromatic carbocycles. The van der Waals surface area contributed by atoms with Gasteiger partial charge >= 0.3 is 5.97 Å². The van der Waals surface area contributed by atoms with Crippen LogP contribution in [0.4, 0.5) is 0 Å². The SMILES string of the molecule is CC(C)COCCS(=O)(=O)C(C)CC(=O)O. The second-order valence-corrected chi connectivity index (χ2v) is 6.78. The standard InChI is InChI=1S/C10H20O5S/c1-8(2)7-15-4-5-16(13,14)9(3)6-10(11)12/h8-9H,4-7H2,1-3H3,(H,11,12). The summed E-state index contributed by atoms with van der Waals surface area (Å²) in [6, 6.07) is 0. The molecule has 16 heavy (non-hydrogen) atoms. The lowest BCUT2D eigenvalue weighted by atomic mass is 10.2. The molecule has 0 rings (SSSR count). The molecule has 0 radical (unpaired) electrons. The minimum absolute atomic E-state index is 0.117. The van der Waals surface area contributed by atoms with Gasteiger partial charge in [-0.2, -0.15) is 0 Å². The lowest BCUT2D eigenvalue weighted by Gasteiger charge is -2.11. The quantitative estimate of drug-likeness (QED) is 0.650. The molecule has 0 spiro atoms. The first-order valence-corrected chi connectivity index (χ1v) is 6.98. The summed E-state index contributed by atoms with van der Waals surface area (Å²) in [6.45, 7) is 6.00. The Bertz CT molecular complexity index is 307. The highest BCUT2D eigenvalue weighted by atomic mass is 32.2. The number of sulfone groups is 1. The van der Waals surface area contributed by atoms with Gasteiger partial charge in [0.1, 0.15) is 0 Å². The molecule has 1 unspecified atom stereocenters. The van der Waals surface area contributed by atoms with Crippen LogP contribution < -0.4 is 0 Å². The van der Waals surface area contributed by atoms with E-state index in [0.717, 1.165) is 0 Å². The number of aliphatic carboxylic acids is 1. The first-order valence-electron chi connectivity index (χ1n) is 5.26. The molecule has 0 aliphatic rings. The molecule has 0 saturated heterocycles. The van der Waals surface area contributed by atoms with Gasteiger partial charge in [-0.3, -0.25) is 4.79 Å². The maximum absolute atomic E-state index is 11.6. The van der Waals surface area contributed by atoms with E-state index in [-0.39, 0.29) is 18.8 Å². The number of carboxylic acids is 1. The van der Waals surface area contributed by atoms with E-state index < -0.39 is 21.1 Å².